The van der Waals surface area contributed by atoms with E-state index in [1.165, 1.54) is 0 Å². The number of hydrogen-bond acceptors (Lipinski definition) is 28. The summed E-state index contributed by atoms with van der Waals surface area (Å²) in [5, 5.41) is 190. The van der Waals surface area contributed by atoms with Gasteiger partial charge < -0.3 is 140 Å². The van der Waals surface area contributed by atoms with Gasteiger partial charge in [-0.15, -0.1) is 0 Å². The highest BCUT2D eigenvalue weighted by atomic mass is 16.8. The fourth-order valence-corrected chi connectivity index (χ4v) is 7.80. The largest absolute Gasteiger partial charge is 0.477 e. The number of carboxylic acid groups (broad SMARTS) is 1. The third kappa shape index (κ3) is 10.9. The Balaban J connectivity index is 1.49. The lowest BCUT2D eigenvalue weighted by atomic mass is 9.87. The van der Waals surface area contributed by atoms with Crippen LogP contribution in [0.2, 0.25) is 0 Å². The average Bonchev–Trinajstić information content (AvgIpc) is 3.56. The second-order valence-electron chi connectivity index (χ2n) is 15.7. The number of rotatable bonds is 18. The van der Waals surface area contributed by atoms with Gasteiger partial charge in [0, 0.05) is 6.42 Å². The number of aliphatic hydroxyl groups excluding tert-OH is 17. The maximum atomic E-state index is 13.4. The molecule has 0 aromatic rings. The summed E-state index contributed by atoms with van der Waals surface area (Å²) in [6.07, 6.45) is -47.5. The first-order chi connectivity index (χ1) is 30.2. The highest BCUT2D eigenvalue weighted by Crippen LogP contribution is 2.40. The van der Waals surface area contributed by atoms with Crippen molar-refractivity contribution in [3.63, 3.8) is 0 Å². The van der Waals surface area contributed by atoms with E-state index in [-0.39, 0.29) is 0 Å². The van der Waals surface area contributed by atoms with E-state index < -0.39 is 211 Å². The van der Waals surface area contributed by atoms with Crippen LogP contribution in [0.5, 0.6) is 0 Å². The summed E-state index contributed by atoms with van der Waals surface area (Å²) in [6.45, 7) is -6.14. The maximum Gasteiger partial charge on any atom is 0.364 e. The smallest absolute Gasteiger partial charge is 0.364 e. The van der Waals surface area contributed by atoms with Crippen LogP contribution in [-0.2, 0) is 52.2 Å². The van der Waals surface area contributed by atoms with E-state index in [9.17, 15) is 102 Å². The summed E-state index contributed by atoms with van der Waals surface area (Å²) in [7, 11) is 0. The van der Waals surface area contributed by atoms with Crippen molar-refractivity contribution in [2.45, 2.75) is 159 Å². The molecular formula is C34H57NO29. The molecule has 0 saturated carbocycles. The van der Waals surface area contributed by atoms with Crippen LogP contribution in [-0.4, -0.2) is 296 Å². The predicted molar refractivity (Wildman–Crippen MR) is 191 cm³/mol. The van der Waals surface area contributed by atoms with Gasteiger partial charge in [-0.1, -0.05) is 0 Å². The number of ether oxygens (including phenoxy) is 9. The standard InChI is InChI=1S/C34H57NO29/c36-2-8(41)16(43)27-15(35-14(42)6-40)9(58-31-24(51)20(47)18(45)13(61-31)7-56-30-23(50)17(44)10(3-37)59-30)1-34(63-27,33(54)55)64-28-19(46)11(4-38)60-32(25(28)52)62-26-12(5-39)57-29(53)22(49)21(26)48/h8-13,15-32,36-41,43-53H,1-7H2,(H,35,42)(H,54,55)/t8-,9+,10-,11-,12-,13-,15-,16-,17-,18+,19+,20+,21-,22-,23+,24+,25-,26-,27-,28+,29-,30-,31-,32+,34+/m1/s1. The van der Waals surface area contributed by atoms with Crippen molar-refractivity contribution in [2.75, 3.05) is 39.6 Å². The molecule has 0 unspecified atom stereocenters. The van der Waals surface area contributed by atoms with Crippen molar-refractivity contribution in [3.8, 4) is 0 Å². The van der Waals surface area contributed by atoms with E-state index in [1.807, 2.05) is 0 Å². The van der Waals surface area contributed by atoms with Gasteiger partial charge in [-0.05, 0) is 0 Å². The molecule has 0 spiro atoms. The van der Waals surface area contributed by atoms with Gasteiger partial charge in [0.15, 0.2) is 25.2 Å². The van der Waals surface area contributed by atoms with Crippen LogP contribution in [0.15, 0.2) is 0 Å². The molecule has 0 aliphatic carbocycles. The lowest BCUT2D eigenvalue weighted by Gasteiger charge is -2.52. The maximum absolute atomic E-state index is 13.4. The summed E-state index contributed by atoms with van der Waals surface area (Å²) in [5.74, 6) is -6.81. The van der Waals surface area contributed by atoms with Crippen LogP contribution in [0.25, 0.3) is 0 Å². The fraction of sp³-hybridized carbons (Fsp3) is 0.941. The summed E-state index contributed by atoms with van der Waals surface area (Å²) >= 11 is 0. The van der Waals surface area contributed by atoms with E-state index in [1.54, 1.807) is 0 Å². The molecule has 5 fully saturated rings. The van der Waals surface area contributed by atoms with Crippen LogP contribution in [0, 0.1) is 0 Å². The predicted octanol–water partition coefficient (Wildman–Crippen LogP) is -13.0. The zero-order valence-electron chi connectivity index (χ0n) is 33.3. The van der Waals surface area contributed by atoms with Gasteiger partial charge in [-0.25, -0.2) is 4.79 Å². The Hall–Kier alpha value is -2.10. The topological polar surface area (TPSA) is 493 Å². The van der Waals surface area contributed by atoms with E-state index in [2.05, 4.69) is 5.32 Å². The molecule has 30 heteroatoms. The number of nitrogens with one attached hydrogen (secondary N) is 1. The first-order valence-corrected chi connectivity index (χ1v) is 19.8. The number of aliphatic carboxylic acids is 1. The van der Waals surface area contributed by atoms with Gasteiger partial charge in [-0.2, -0.15) is 0 Å². The summed E-state index contributed by atoms with van der Waals surface area (Å²) in [6, 6.07) is -1.96. The number of carbonyl (C=O) groups excluding carboxylic acids is 1. The average molecular weight is 944 g/mol. The summed E-state index contributed by atoms with van der Waals surface area (Å²) in [4.78, 5) is 26.1. The number of carboxylic acids is 1. The third-order valence-electron chi connectivity index (χ3n) is 11.4. The van der Waals surface area contributed by atoms with Gasteiger partial charge in [0.25, 0.3) is 5.79 Å². The van der Waals surface area contributed by atoms with Crippen LogP contribution >= 0.6 is 0 Å². The lowest BCUT2D eigenvalue weighted by Crippen LogP contribution is -2.72. The molecule has 0 radical (unpaired) electrons. The lowest BCUT2D eigenvalue weighted by molar-refractivity contribution is -0.391. The zero-order valence-corrected chi connectivity index (χ0v) is 33.3. The first-order valence-electron chi connectivity index (χ1n) is 19.8. The Bertz CT molecular complexity index is 1500. The quantitative estimate of drug-likeness (QED) is 0.0607. The van der Waals surface area contributed by atoms with Crippen LogP contribution < -0.4 is 5.32 Å². The molecule has 1 amide bonds. The van der Waals surface area contributed by atoms with Crippen molar-refractivity contribution in [2.24, 2.45) is 0 Å². The van der Waals surface area contributed by atoms with Crippen molar-refractivity contribution in [3.05, 3.63) is 0 Å². The number of hydrogen-bond donors (Lipinski definition) is 19. The Labute approximate surface area is 360 Å². The van der Waals surface area contributed by atoms with Crippen molar-refractivity contribution >= 4 is 11.9 Å². The molecule has 0 bridgehead atoms. The fourth-order valence-electron chi connectivity index (χ4n) is 7.80. The van der Waals surface area contributed by atoms with Gasteiger partial charge in [0.2, 0.25) is 5.91 Å². The molecule has 19 N–H and O–H groups in total. The Morgan fingerprint density at radius 3 is 1.77 bits per heavy atom. The molecule has 5 heterocycles. The van der Waals surface area contributed by atoms with Crippen molar-refractivity contribution < 1.29 is 144 Å². The van der Waals surface area contributed by atoms with Gasteiger partial charge in [-0.3, -0.25) is 4.79 Å². The molecule has 5 rings (SSSR count). The molecule has 5 saturated heterocycles. The molecule has 0 aromatic heterocycles. The van der Waals surface area contributed by atoms with Crippen LogP contribution in [0.4, 0.5) is 0 Å². The monoisotopic (exact) mass is 943 g/mol. The van der Waals surface area contributed by atoms with Crippen LogP contribution in [0.1, 0.15) is 6.42 Å². The van der Waals surface area contributed by atoms with E-state index in [0.29, 0.717) is 0 Å². The molecule has 5 aliphatic rings. The minimum absolute atomic E-state index is 0.738. The Morgan fingerprint density at radius 2 is 1.19 bits per heavy atom. The Kier molecular flexibility index (Phi) is 18.5. The summed E-state index contributed by atoms with van der Waals surface area (Å²) < 4.78 is 49.7. The molecular weight excluding hydrogens is 886 g/mol. The summed E-state index contributed by atoms with van der Waals surface area (Å²) in [5.41, 5.74) is 0. The minimum Gasteiger partial charge on any atom is -0.477 e. The van der Waals surface area contributed by atoms with Crippen molar-refractivity contribution in [1.29, 1.82) is 0 Å². The molecule has 25 atom stereocenters. The second kappa shape index (κ2) is 22.3. The molecule has 5 aliphatic heterocycles. The second-order valence-corrected chi connectivity index (χ2v) is 15.7. The third-order valence-corrected chi connectivity index (χ3v) is 11.4. The van der Waals surface area contributed by atoms with E-state index in [0.717, 1.165) is 0 Å². The number of amides is 1. The minimum atomic E-state index is -3.37. The molecule has 30 nitrogen and oxygen atoms in total. The van der Waals surface area contributed by atoms with Crippen LogP contribution in [0.3, 0.4) is 0 Å². The number of aliphatic hydroxyl groups is 17. The van der Waals surface area contributed by atoms with E-state index >= 15 is 0 Å². The van der Waals surface area contributed by atoms with Gasteiger partial charge in [0.05, 0.1) is 45.2 Å². The molecule has 372 valence electrons. The van der Waals surface area contributed by atoms with E-state index in [4.69, 9.17) is 42.6 Å². The normalized spacial score (nSPS) is 47.5. The molecule has 64 heavy (non-hydrogen) atoms. The Morgan fingerprint density at radius 1 is 0.625 bits per heavy atom. The highest BCUT2D eigenvalue weighted by molar-refractivity contribution is 5.78. The zero-order chi connectivity index (χ0) is 47.5. The number of carbonyl (C=O) groups is 2. The van der Waals surface area contributed by atoms with Crippen molar-refractivity contribution in [1.82, 2.24) is 5.32 Å². The first kappa shape index (κ1) is 52.9. The SMILES string of the molecule is O=C(CO)N[C@H]1[C@H]([C@H](O)[C@H](O)CO)O[C@@](O[C@H]2[C@@H](O)[C@@H](CO)O[C@@H](O[C@H]3[C@H](O)[C@@H](O)[C@H](O)O[C@@H]3CO)[C@@H]2O)(C(=O)O)C[C@@H]1O[C@@H]1O[C@H](CO[C@@H]2O[C@H](CO)[C@@H](O)[C@@H]2O)[C@H](O)[C@H](O)[C@@H]1O. The van der Waals surface area contributed by atoms with Gasteiger partial charge >= 0.3 is 5.97 Å². The molecule has 0 aromatic carbocycles. The highest BCUT2D eigenvalue weighted by Gasteiger charge is 2.62. The van der Waals surface area contributed by atoms with Gasteiger partial charge in [0.1, 0.15) is 116 Å².